The summed E-state index contributed by atoms with van der Waals surface area (Å²) in [4.78, 5) is 33.3. The first kappa shape index (κ1) is 27.8. The molecule has 1 aromatic heterocycles. The molecule has 1 amide bonds. The molecule has 188 valence electrons. The average molecular weight is 525 g/mol. The van der Waals surface area contributed by atoms with Gasteiger partial charge in [0.05, 0.1) is 30.7 Å². The standard InChI is InChI=1S/C22H24N4O7S.ClH/c1-14(12-26-19-6-4-3-5-16(19)11-23-26)33-20-9-17(24-15(2)28)7-8-21(20)34(31,32)25-18(13-27)10-22(29)30;/h3-9,11,13-14,18,25H,10,12H2,1-2H3,(H,24,28)(H,29,30);1H/t14-,18?;/m1./s1. The van der Waals surface area contributed by atoms with Crippen molar-refractivity contribution in [2.75, 3.05) is 5.32 Å². The molecule has 2 atom stereocenters. The van der Waals surface area contributed by atoms with Gasteiger partial charge >= 0.3 is 5.97 Å². The number of aldehydes is 1. The van der Waals surface area contributed by atoms with Crippen molar-refractivity contribution in [2.24, 2.45) is 0 Å². The largest absolute Gasteiger partial charge is 0.487 e. The molecule has 0 fully saturated rings. The van der Waals surface area contributed by atoms with Gasteiger partial charge in [0.1, 0.15) is 23.0 Å². The second-order valence-electron chi connectivity index (χ2n) is 7.62. The number of hydrogen-bond acceptors (Lipinski definition) is 7. The predicted molar refractivity (Wildman–Crippen MR) is 130 cm³/mol. The first-order valence-corrected chi connectivity index (χ1v) is 11.8. The smallest absolute Gasteiger partial charge is 0.305 e. The number of aliphatic carboxylic acids is 1. The molecule has 11 nitrogen and oxygen atoms in total. The Morgan fingerprint density at radius 1 is 1.23 bits per heavy atom. The Bertz CT molecular complexity index is 1330. The fourth-order valence-corrected chi connectivity index (χ4v) is 4.62. The first-order chi connectivity index (χ1) is 16.1. The van der Waals surface area contributed by atoms with Crippen LogP contribution in [-0.4, -0.2) is 53.6 Å². The van der Waals surface area contributed by atoms with Crippen LogP contribution in [0.4, 0.5) is 5.69 Å². The molecular formula is C22H25ClN4O7S. The number of carboxylic acid groups (broad SMARTS) is 1. The van der Waals surface area contributed by atoms with Crippen LogP contribution < -0.4 is 14.8 Å². The van der Waals surface area contributed by atoms with Crippen molar-refractivity contribution in [3.8, 4) is 5.75 Å². The van der Waals surface area contributed by atoms with Crippen LogP contribution >= 0.6 is 12.4 Å². The Kier molecular flexibility index (Phi) is 9.34. The van der Waals surface area contributed by atoms with Crippen LogP contribution in [0.3, 0.4) is 0 Å². The maximum atomic E-state index is 13.0. The van der Waals surface area contributed by atoms with Gasteiger partial charge in [-0.2, -0.15) is 5.10 Å². The number of carbonyl (C=O) groups excluding carboxylic acids is 2. The molecule has 1 heterocycles. The highest BCUT2D eigenvalue weighted by molar-refractivity contribution is 7.89. The van der Waals surface area contributed by atoms with E-state index in [2.05, 4.69) is 15.1 Å². The number of para-hydroxylation sites is 1. The lowest BCUT2D eigenvalue weighted by Gasteiger charge is -2.20. The number of carbonyl (C=O) groups is 3. The zero-order valence-electron chi connectivity index (χ0n) is 18.9. The molecule has 3 rings (SSSR count). The summed E-state index contributed by atoms with van der Waals surface area (Å²) in [7, 11) is -4.34. The van der Waals surface area contributed by atoms with Gasteiger partial charge < -0.3 is 20.0 Å². The zero-order valence-corrected chi connectivity index (χ0v) is 20.5. The molecule has 0 saturated carbocycles. The molecule has 35 heavy (non-hydrogen) atoms. The molecule has 0 aliphatic carbocycles. The molecular weight excluding hydrogens is 500 g/mol. The number of rotatable bonds is 11. The van der Waals surface area contributed by atoms with Gasteiger partial charge in [0, 0.05) is 24.1 Å². The fourth-order valence-electron chi connectivity index (χ4n) is 3.34. The Balaban J connectivity index is 0.00000432. The van der Waals surface area contributed by atoms with Crippen molar-refractivity contribution < 1.29 is 32.6 Å². The van der Waals surface area contributed by atoms with Crippen LogP contribution in [0.25, 0.3) is 10.9 Å². The van der Waals surface area contributed by atoms with Crippen molar-refractivity contribution in [1.29, 1.82) is 0 Å². The molecule has 1 unspecified atom stereocenters. The number of fused-ring (bicyclic) bond motifs is 1. The maximum Gasteiger partial charge on any atom is 0.305 e. The summed E-state index contributed by atoms with van der Waals surface area (Å²) in [5.74, 6) is -1.78. The van der Waals surface area contributed by atoms with Crippen molar-refractivity contribution in [3.63, 3.8) is 0 Å². The summed E-state index contributed by atoms with van der Waals surface area (Å²) in [6, 6.07) is 10.0. The number of ether oxygens (including phenoxy) is 1. The van der Waals surface area contributed by atoms with E-state index in [4.69, 9.17) is 9.84 Å². The van der Waals surface area contributed by atoms with Crippen LogP contribution in [-0.2, 0) is 31.0 Å². The van der Waals surface area contributed by atoms with Gasteiger partial charge in [-0.05, 0) is 25.1 Å². The maximum absolute atomic E-state index is 13.0. The molecule has 2 aromatic carbocycles. The Hall–Kier alpha value is -3.48. The Labute approximate surface area is 207 Å². The average Bonchev–Trinajstić information content (AvgIpc) is 3.15. The van der Waals surface area contributed by atoms with E-state index in [1.807, 2.05) is 24.3 Å². The summed E-state index contributed by atoms with van der Waals surface area (Å²) >= 11 is 0. The minimum atomic E-state index is -4.34. The summed E-state index contributed by atoms with van der Waals surface area (Å²) in [5.41, 5.74) is 1.18. The lowest BCUT2D eigenvalue weighted by molar-refractivity contribution is -0.138. The Morgan fingerprint density at radius 2 is 1.94 bits per heavy atom. The lowest BCUT2D eigenvalue weighted by atomic mass is 10.2. The minimum Gasteiger partial charge on any atom is -0.487 e. The molecule has 13 heteroatoms. The minimum absolute atomic E-state index is 0. The molecule has 0 saturated heterocycles. The number of sulfonamides is 1. The monoisotopic (exact) mass is 524 g/mol. The topological polar surface area (TPSA) is 157 Å². The molecule has 0 aliphatic heterocycles. The third-order valence-electron chi connectivity index (χ3n) is 4.73. The van der Waals surface area contributed by atoms with E-state index in [-0.39, 0.29) is 35.2 Å². The van der Waals surface area contributed by atoms with Crippen molar-refractivity contribution >= 4 is 57.2 Å². The zero-order chi connectivity index (χ0) is 24.9. The van der Waals surface area contributed by atoms with Gasteiger partial charge in [0.25, 0.3) is 0 Å². The number of halogens is 1. The quantitative estimate of drug-likeness (QED) is 0.322. The normalized spacial score (nSPS) is 12.9. The molecule has 0 aliphatic rings. The van der Waals surface area contributed by atoms with Crippen LogP contribution in [0.2, 0.25) is 0 Å². The first-order valence-electron chi connectivity index (χ1n) is 10.3. The number of hydrogen-bond donors (Lipinski definition) is 3. The van der Waals surface area contributed by atoms with E-state index < -0.39 is 34.6 Å². The van der Waals surface area contributed by atoms with E-state index in [9.17, 15) is 22.8 Å². The van der Waals surface area contributed by atoms with Gasteiger partial charge in [-0.25, -0.2) is 13.1 Å². The predicted octanol–water partition coefficient (Wildman–Crippen LogP) is 2.20. The van der Waals surface area contributed by atoms with Crippen molar-refractivity contribution in [2.45, 2.75) is 43.9 Å². The number of carboxylic acids is 1. The fraction of sp³-hybridized carbons (Fsp3) is 0.273. The van der Waals surface area contributed by atoms with Gasteiger partial charge in [-0.15, -0.1) is 12.4 Å². The van der Waals surface area contributed by atoms with Gasteiger partial charge in [0.2, 0.25) is 15.9 Å². The summed E-state index contributed by atoms with van der Waals surface area (Å²) in [6.45, 7) is 3.32. The summed E-state index contributed by atoms with van der Waals surface area (Å²) in [5, 5.41) is 16.7. The molecule has 0 spiro atoms. The summed E-state index contributed by atoms with van der Waals surface area (Å²) in [6.07, 6.45) is 0.654. The number of nitrogens with one attached hydrogen (secondary N) is 2. The third-order valence-corrected chi connectivity index (χ3v) is 6.26. The van der Waals surface area contributed by atoms with Gasteiger partial charge in [-0.3, -0.25) is 14.3 Å². The van der Waals surface area contributed by atoms with E-state index in [0.717, 1.165) is 10.9 Å². The number of aromatic nitrogens is 2. The van der Waals surface area contributed by atoms with Crippen LogP contribution in [0.5, 0.6) is 5.75 Å². The second-order valence-corrected chi connectivity index (χ2v) is 9.30. The number of amides is 1. The summed E-state index contributed by atoms with van der Waals surface area (Å²) < 4.78 is 35.7. The van der Waals surface area contributed by atoms with Crippen molar-refractivity contribution in [3.05, 3.63) is 48.7 Å². The molecule has 0 radical (unpaired) electrons. The lowest BCUT2D eigenvalue weighted by Crippen LogP contribution is -2.37. The van der Waals surface area contributed by atoms with E-state index in [0.29, 0.717) is 12.2 Å². The van der Waals surface area contributed by atoms with Crippen LogP contribution in [0.15, 0.2) is 53.6 Å². The second kappa shape index (κ2) is 11.8. The number of anilines is 1. The van der Waals surface area contributed by atoms with Crippen LogP contribution in [0, 0.1) is 0 Å². The van der Waals surface area contributed by atoms with E-state index in [1.165, 1.54) is 25.1 Å². The van der Waals surface area contributed by atoms with Gasteiger partial charge in [0.15, 0.2) is 0 Å². The highest BCUT2D eigenvalue weighted by Crippen LogP contribution is 2.29. The highest BCUT2D eigenvalue weighted by atomic mass is 35.5. The van der Waals surface area contributed by atoms with Crippen molar-refractivity contribution in [1.82, 2.24) is 14.5 Å². The highest BCUT2D eigenvalue weighted by Gasteiger charge is 2.26. The number of benzene rings is 2. The molecule has 0 bridgehead atoms. The SMILES string of the molecule is CC(=O)Nc1ccc(S(=O)(=O)NC(C=O)CC(=O)O)c(O[C@H](C)Cn2ncc3ccccc32)c1.Cl. The van der Waals surface area contributed by atoms with Gasteiger partial charge in [-0.1, -0.05) is 18.2 Å². The Morgan fingerprint density at radius 3 is 2.60 bits per heavy atom. The van der Waals surface area contributed by atoms with Crippen LogP contribution in [0.1, 0.15) is 20.3 Å². The van der Waals surface area contributed by atoms with E-state index >= 15 is 0 Å². The molecule has 3 aromatic rings. The molecule has 3 N–H and O–H groups in total. The third kappa shape index (κ3) is 7.25. The number of nitrogens with zero attached hydrogens (tertiary/aromatic N) is 2. The van der Waals surface area contributed by atoms with E-state index in [1.54, 1.807) is 17.8 Å².